The van der Waals surface area contributed by atoms with Crippen LogP contribution in [0.1, 0.15) is 6.92 Å². The van der Waals surface area contributed by atoms with Crippen molar-refractivity contribution >= 4 is 23.0 Å². The third kappa shape index (κ3) is 3.29. The Kier molecular flexibility index (Phi) is 4.72. The lowest BCUT2D eigenvalue weighted by atomic mass is 10.2. The maximum atomic E-state index is 6.07. The Labute approximate surface area is 95.8 Å². The molecule has 3 nitrogen and oxygen atoms in total. The van der Waals surface area contributed by atoms with Gasteiger partial charge in [-0.25, -0.2) is 0 Å². The van der Waals surface area contributed by atoms with E-state index in [2.05, 4.69) is 0 Å². The van der Waals surface area contributed by atoms with E-state index < -0.39 is 0 Å². The van der Waals surface area contributed by atoms with E-state index in [-0.39, 0.29) is 0 Å². The third-order valence-electron chi connectivity index (χ3n) is 2.17. The summed E-state index contributed by atoms with van der Waals surface area (Å²) in [6, 6.07) is 5.53. The van der Waals surface area contributed by atoms with Gasteiger partial charge in [0.2, 0.25) is 0 Å². The van der Waals surface area contributed by atoms with E-state index in [9.17, 15) is 0 Å². The highest BCUT2D eigenvalue weighted by atomic mass is 35.5. The van der Waals surface area contributed by atoms with Gasteiger partial charge in [-0.3, -0.25) is 0 Å². The number of nitrogens with two attached hydrogens (primary N) is 1. The maximum Gasteiger partial charge on any atom is 0.0787 e. The summed E-state index contributed by atoms with van der Waals surface area (Å²) in [5.74, 6) is 0. The van der Waals surface area contributed by atoms with Gasteiger partial charge in [-0.05, 0) is 19.1 Å². The first-order valence-corrected chi connectivity index (χ1v) is 5.37. The van der Waals surface area contributed by atoms with E-state index in [1.807, 2.05) is 37.1 Å². The first-order chi connectivity index (χ1) is 7.16. The summed E-state index contributed by atoms with van der Waals surface area (Å²) in [4.78, 5) is 2.01. The molecule has 2 N–H and O–H groups in total. The zero-order valence-corrected chi connectivity index (χ0v) is 9.92. The molecule has 1 rings (SSSR count). The number of para-hydroxylation sites is 1. The number of nitrogen functional groups attached to an aromatic ring is 1. The molecule has 0 heterocycles. The van der Waals surface area contributed by atoms with Crippen LogP contribution in [0.5, 0.6) is 0 Å². The fourth-order valence-corrected chi connectivity index (χ4v) is 1.72. The summed E-state index contributed by atoms with van der Waals surface area (Å²) < 4.78 is 5.28. The number of benzene rings is 1. The van der Waals surface area contributed by atoms with Gasteiger partial charge in [-0.15, -0.1) is 0 Å². The number of nitrogens with zero attached hydrogens (tertiary/aromatic N) is 1. The molecule has 1 aromatic rings. The number of rotatable bonds is 5. The lowest BCUT2D eigenvalue weighted by Crippen LogP contribution is -2.23. The number of halogens is 1. The predicted molar refractivity (Wildman–Crippen MR) is 65.6 cm³/mol. The number of ether oxygens (including phenoxy) is 1. The summed E-state index contributed by atoms with van der Waals surface area (Å²) in [6.07, 6.45) is 0. The molecular weight excluding hydrogens is 212 g/mol. The van der Waals surface area contributed by atoms with E-state index in [1.54, 1.807) is 0 Å². The molecule has 0 saturated heterocycles. The molecule has 84 valence electrons. The van der Waals surface area contributed by atoms with Gasteiger partial charge in [-0.2, -0.15) is 0 Å². The molecule has 0 fully saturated rings. The predicted octanol–water partition coefficient (Wildman–Crippen LogP) is 2.39. The fourth-order valence-electron chi connectivity index (χ4n) is 1.39. The zero-order chi connectivity index (χ0) is 11.3. The highest BCUT2D eigenvalue weighted by Gasteiger charge is 2.08. The lowest BCUT2D eigenvalue weighted by molar-refractivity contribution is 0.154. The molecule has 0 amide bonds. The van der Waals surface area contributed by atoms with Crippen LogP contribution in [0.15, 0.2) is 18.2 Å². The van der Waals surface area contributed by atoms with Gasteiger partial charge >= 0.3 is 0 Å². The zero-order valence-electron chi connectivity index (χ0n) is 9.16. The summed E-state index contributed by atoms with van der Waals surface area (Å²) in [7, 11) is 1.95. The Morgan fingerprint density at radius 1 is 1.47 bits per heavy atom. The van der Waals surface area contributed by atoms with Gasteiger partial charge in [0, 0.05) is 20.2 Å². The van der Waals surface area contributed by atoms with Crippen molar-refractivity contribution in [3.05, 3.63) is 23.2 Å². The molecule has 0 bridgehead atoms. The van der Waals surface area contributed by atoms with Crippen LogP contribution in [0.2, 0.25) is 5.02 Å². The van der Waals surface area contributed by atoms with Crippen molar-refractivity contribution in [3.63, 3.8) is 0 Å². The number of hydrogen-bond donors (Lipinski definition) is 1. The van der Waals surface area contributed by atoms with Crippen molar-refractivity contribution in [2.24, 2.45) is 0 Å². The molecule has 0 aliphatic heterocycles. The summed E-state index contributed by atoms with van der Waals surface area (Å²) in [5, 5.41) is 0.675. The first-order valence-electron chi connectivity index (χ1n) is 4.99. The lowest BCUT2D eigenvalue weighted by Gasteiger charge is -2.22. The SMILES string of the molecule is CCOCCN(C)c1c(N)cccc1Cl. The molecule has 0 radical (unpaired) electrons. The first kappa shape index (κ1) is 12.1. The van der Waals surface area contributed by atoms with Crippen molar-refractivity contribution < 1.29 is 4.74 Å². The summed E-state index contributed by atoms with van der Waals surface area (Å²) in [5.41, 5.74) is 7.43. The molecule has 1 aromatic carbocycles. The Morgan fingerprint density at radius 2 is 2.20 bits per heavy atom. The van der Waals surface area contributed by atoms with Crippen molar-refractivity contribution in [1.82, 2.24) is 0 Å². The average molecular weight is 229 g/mol. The van der Waals surface area contributed by atoms with Crippen LogP contribution in [0.3, 0.4) is 0 Å². The largest absolute Gasteiger partial charge is 0.397 e. The minimum atomic E-state index is 0.675. The van der Waals surface area contributed by atoms with Crippen molar-refractivity contribution in [3.8, 4) is 0 Å². The minimum absolute atomic E-state index is 0.675. The monoisotopic (exact) mass is 228 g/mol. The highest BCUT2D eigenvalue weighted by molar-refractivity contribution is 6.33. The summed E-state index contributed by atoms with van der Waals surface area (Å²) in [6.45, 7) is 4.16. The standard InChI is InChI=1S/C11H17ClN2O/c1-3-15-8-7-14(2)11-9(12)5-4-6-10(11)13/h4-6H,3,7-8,13H2,1-2H3. The van der Waals surface area contributed by atoms with Crippen LogP contribution in [-0.4, -0.2) is 26.8 Å². The Balaban J connectivity index is 2.68. The molecule has 15 heavy (non-hydrogen) atoms. The Bertz CT molecular complexity index is 297. The Hall–Kier alpha value is -0.930. The topological polar surface area (TPSA) is 38.5 Å². The molecule has 0 aliphatic rings. The van der Waals surface area contributed by atoms with Gasteiger partial charge in [0.15, 0.2) is 0 Å². The van der Waals surface area contributed by atoms with Gasteiger partial charge in [0.25, 0.3) is 0 Å². The van der Waals surface area contributed by atoms with Crippen molar-refractivity contribution in [1.29, 1.82) is 0 Å². The van der Waals surface area contributed by atoms with Crippen LogP contribution >= 0.6 is 11.6 Å². The van der Waals surface area contributed by atoms with Gasteiger partial charge in [0.1, 0.15) is 0 Å². The molecule has 0 spiro atoms. The second-order valence-corrected chi connectivity index (χ2v) is 3.70. The minimum Gasteiger partial charge on any atom is -0.397 e. The molecule has 0 atom stereocenters. The smallest absolute Gasteiger partial charge is 0.0787 e. The maximum absolute atomic E-state index is 6.07. The normalized spacial score (nSPS) is 10.3. The molecule has 0 aromatic heterocycles. The van der Waals surface area contributed by atoms with Crippen LogP contribution in [-0.2, 0) is 4.74 Å². The van der Waals surface area contributed by atoms with Crippen LogP contribution in [0, 0.1) is 0 Å². The number of anilines is 2. The van der Waals surface area contributed by atoms with Crippen molar-refractivity contribution in [2.45, 2.75) is 6.92 Å². The highest BCUT2D eigenvalue weighted by Crippen LogP contribution is 2.30. The number of likely N-dealkylation sites (N-methyl/N-ethyl adjacent to an activating group) is 1. The van der Waals surface area contributed by atoms with Crippen LogP contribution < -0.4 is 10.6 Å². The van der Waals surface area contributed by atoms with E-state index in [0.29, 0.717) is 17.3 Å². The average Bonchev–Trinajstić information content (AvgIpc) is 2.18. The van der Waals surface area contributed by atoms with Crippen LogP contribution in [0.25, 0.3) is 0 Å². The van der Waals surface area contributed by atoms with E-state index in [4.69, 9.17) is 22.1 Å². The van der Waals surface area contributed by atoms with Crippen molar-refractivity contribution in [2.75, 3.05) is 37.4 Å². The van der Waals surface area contributed by atoms with E-state index >= 15 is 0 Å². The quantitative estimate of drug-likeness (QED) is 0.621. The van der Waals surface area contributed by atoms with E-state index in [0.717, 1.165) is 18.8 Å². The Morgan fingerprint density at radius 3 is 2.80 bits per heavy atom. The van der Waals surface area contributed by atoms with Gasteiger partial charge < -0.3 is 15.4 Å². The van der Waals surface area contributed by atoms with Gasteiger partial charge in [0.05, 0.1) is 23.0 Å². The second kappa shape index (κ2) is 5.83. The second-order valence-electron chi connectivity index (χ2n) is 3.30. The van der Waals surface area contributed by atoms with Crippen LogP contribution in [0.4, 0.5) is 11.4 Å². The molecule has 0 saturated carbocycles. The molecule has 0 unspecified atom stereocenters. The van der Waals surface area contributed by atoms with Gasteiger partial charge in [-0.1, -0.05) is 17.7 Å². The molecule has 0 aliphatic carbocycles. The third-order valence-corrected chi connectivity index (χ3v) is 2.48. The molecular formula is C11H17ClN2O. The summed E-state index contributed by atoms with van der Waals surface area (Å²) >= 11 is 6.07. The molecule has 4 heteroatoms. The van der Waals surface area contributed by atoms with E-state index in [1.165, 1.54) is 0 Å². The fraction of sp³-hybridized carbons (Fsp3) is 0.455. The number of hydrogen-bond acceptors (Lipinski definition) is 3.